The first-order chi connectivity index (χ1) is 38.7. The van der Waals surface area contributed by atoms with Crippen molar-refractivity contribution in [3.8, 4) is 11.4 Å². The monoisotopic (exact) mass is 1120 g/mol. The topological polar surface area (TPSA) is 352 Å². The van der Waals surface area contributed by atoms with Crippen molar-refractivity contribution < 1.29 is 72.0 Å². The van der Waals surface area contributed by atoms with E-state index in [0.717, 1.165) is 24.1 Å². The van der Waals surface area contributed by atoms with Crippen LogP contribution < -0.4 is 42.8 Å². The number of carboxylic acids is 1. The van der Waals surface area contributed by atoms with Crippen LogP contribution in [0.15, 0.2) is 59.4 Å². The minimum Gasteiger partial charge on any atom is -0.480 e. The van der Waals surface area contributed by atoms with E-state index >= 15 is 4.39 Å². The number of carbonyl (C=O) groups excluding carboxylic acids is 9. The number of hydrogen-bond donors (Lipinski definition) is 9. The SMILES string of the molecule is CC[C@@]1(O)C(=O)OCc2c1cc1n(c2=O)Cc2c-1nc1cc(F)c(C)c3c1c2[C@@H](NC(=O)C1(COCNC(=O)CNC(=O)[C@H](Cc2ccccc2)NC(=O)CNC(=O)CNC(=O)[C@@H](CNCC(=O)O)N2C(=O)C=CC2=O)CCC1)CC3. The first kappa shape index (κ1) is 57.0. The number of benzene rings is 2. The molecule has 8 amide bonds. The van der Waals surface area contributed by atoms with Crippen LogP contribution in [0.3, 0.4) is 0 Å². The summed E-state index contributed by atoms with van der Waals surface area (Å²) in [6.07, 6.45) is 4.29. The summed E-state index contributed by atoms with van der Waals surface area (Å²) < 4.78 is 28.2. The predicted octanol–water partition coefficient (Wildman–Crippen LogP) is -1.06. The number of aliphatic hydroxyl groups is 1. The molecule has 5 heterocycles. The second-order valence-corrected chi connectivity index (χ2v) is 20.5. The molecule has 4 aromatic rings. The molecule has 3 aliphatic heterocycles. The Bertz CT molecular complexity index is 3380. The summed E-state index contributed by atoms with van der Waals surface area (Å²) in [7, 11) is 0. The zero-order chi connectivity index (χ0) is 57.9. The van der Waals surface area contributed by atoms with Gasteiger partial charge in [-0.1, -0.05) is 43.7 Å². The summed E-state index contributed by atoms with van der Waals surface area (Å²) in [5.74, 6) is -8.57. The number of amides is 8. The minimum absolute atomic E-state index is 0.0178. The molecule has 2 aliphatic carbocycles. The third-order valence-electron chi connectivity index (χ3n) is 15.5. The third-order valence-corrected chi connectivity index (χ3v) is 15.5. The summed E-state index contributed by atoms with van der Waals surface area (Å²) in [5, 5.41) is 38.9. The number of ether oxygens (including phenoxy) is 2. The molecule has 0 bridgehead atoms. The highest BCUT2D eigenvalue weighted by atomic mass is 19.1. The molecule has 0 radical (unpaired) electrons. The highest BCUT2D eigenvalue weighted by molar-refractivity contribution is 6.15. The van der Waals surface area contributed by atoms with Gasteiger partial charge in [-0.05, 0) is 67.3 Å². The van der Waals surface area contributed by atoms with E-state index in [-0.39, 0.29) is 56.4 Å². The van der Waals surface area contributed by atoms with Gasteiger partial charge in [-0.3, -0.25) is 52.8 Å². The van der Waals surface area contributed by atoms with E-state index in [9.17, 15) is 57.8 Å². The number of cyclic esters (lactones) is 1. The van der Waals surface area contributed by atoms with Gasteiger partial charge in [0.15, 0.2) is 5.60 Å². The van der Waals surface area contributed by atoms with Crippen molar-refractivity contribution in [1.29, 1.82) is 0 Å². The van der Waals surface area contributed by atoms with E-state index in [4.69, 9.17) is 19.6 Å². The molecular formula is C55H59FN10O15. The van der Waals surface area contributed by atoms with Gasteiger partial charge in [0, 0.05) is 47.7 Å². The average Bonchev–Trinajstić information content (AvgIpc) is 4.19. The van der Waals surface area contributed by atoms with Crippen molar-refractivity contribution in [2.45, 2.75) is 95.7 Å². The molecule has 4 atom stereocenters. The summed E-state index contributed by atoms with van der Waals surface area (Å²) in [6, 6.07) is 8.20. The van der Waals surface area contributed by atoms with Crippen molar-refractivity contribution in [2.75, 3.05) is 46.1 Å². The Morgan fingerprint density at radius 2 is 1.57 bits per heavy atom. The molecule has 1 fully saturated rings. The van der Waals surface area contributed by atoms with E-state index < -0.39 is 127 Å². The van der Waals surface area contributed by atoms with Gasteiger partial charge < -0.3 is 61.5 Å². The van der Waals surface area contributed by atoms with E-state index in [1.54, 1.807) is 50.2 Å². The van der Waals surface area contributed by atoms with Crippen molar-refractivity contribution in [3.05, 3.63) is 110 Å². The van der Waals surface area contributed by atoms with Crippen molar-refractivity contribution in [2.24, 2.45) is 5.41 Å². The largest absolute Gasteiger partial charge is 0.480 e. The number of pyridine rings is 2. The number of aromatic nitrogens is 2. The van der Waals surface area contributed by atoms with Gasteiger partial charge in [-0.2, -0.15) is 0 Å². The lowest BCUT2D eigenvalue weighted by Gasteiger charge is -2.41. The lowest BCUT2D eigenvalue weighted by atomic mass is 9.68. The number of halogens is 1. The highest BCUT2D eigenvalue weighted by Crippen LogP contribution is 2.47. The van der Waals surface area contributed by atoms with Crippen LogP contribution >= 0.6 is 0 Å². The third kappa shape index (κ3) is 11.5. The Morgan fingerprint density at radius 1 is 0.877 bits per heavy atom. The van der Waals surface area contributed by atoms with Gasteiger partial charge in [-0.25, -0.2) is 14.2 Å². The number of carboxylic acid groups (broad SMARTS) is 1. The fraction of sp³-hybridized carbons (Fsp3) is 0.418. The summed E-state index contributed by atoms with van der Waals surface area (Å²) >= 11 is 0. The second kappa shape index (κ2) is 23.5. The lowest BCUT2D eigenvalue weighted by molar-refractivity contribution is -0.172. The molecule has 0 spiro atoms. The van der Waals surface area contributed by atoms with E-state index in [1.165, 1.54) is 10.6 Å². The maximum atomic E-state index is 15.5. The number of imide groups is 1. The normalized spacial score (nSPS) is 18.8. The smallest absolute Gasteiger partial charge is 0.343 e. The standard InChI is InChI=1S/C55H59FN10O15/c1-3-55(79)33-17-38-48-31(24-65(38)51(76)32(33)25-81-53(55)78)47-35(11-10-30-28(2)34(56)18-36(63-48)46(30)47)64-52(77)54(14-7-15-54)26-80-27-61-41(68)21-59-49(74)37(16-29-8-5-4-6-9-29)62-42(69)22-58-40(67)20-60-50(75)39(19-57-23-45(72)73)66-43(70)12-13-44(66)71/h4-6,8-9,12-13,17-18,35,37,39,57,79H,3,7,10-11,14-16,19-27H2,1-2H3,(H,58,67)(H,59,74)(H,60,75)(H,61,68)(H,62,69)(H,64,77)(H,72,73)/t35-,37-,39+,55-/m0/s1. The molecule has 0 unspecified atom stereocenters. The minimum atomic E-state index is -2.06. The Morgan fingerprint density at radius 3 is 2.25 bits per heavy atom. The number of aryl methyl sites for hydroxylation is 1. The molecule has 2 aromatic heterocycles. The fourth-order valence-corrected chi connectivity index (χ4v) is 10.9. The Labute approximate surface area is 460 Å². The molecule has 1 saturated carbocycles. The van der Waals surface area contributed by atoms with Crippen LogP contribution in [0.4, 0.5) is 4.39 Å². The van der Waals surface area contributed by atoms with Gasteiger partial charge in [0.05, 0.1) is 73.3 Å². The van der Waals surface area contributed by atoms with Crippen LogP contribution in [-0.2, 0) is 89.0 Å². The number of rotatable bonds is 23. The first-order valence-electron chi connectivity index (χ1n) is 26.3. The van der Waals surface area contributed by atoms with Gasteiger partial charge >= 0.3 is 11.9 Å². The number of hydrogen-bond acceptors (Lipinski definition) is 16. The Balaban J connectivity index is 0.786. The van der Waals surface area contributed by atoms with Crippen LogP contribution in [0, 0.1) is 18.2 Å². The fourth-order valence-electron chi connectivity index (χ4n) is 10.9. The van der Waals surface area contributed by atoms with Gasteiger partial charge in [-0.15, -0.1) is 0 Å². The van der Waals surface area contributed by atoms with Crippen LogP contribution in [0.5, 0.6) is 0 Å². The highest BCUT2D eigenvalue weighted by Gasteiger charge is 2.48. The average molecular weight is 1120 g/mol. The molecule has 9 N–H and O–H groups in total. The molecule has 426 valence electrons. The Kier molecular flexibility index (Phi) is 16.5. The van der Waals surface area contributed by atoms with Crippen LogP contribution in [0.1, 0.15) is 84.0 Å². The molecule has 81 heavy (non-hydrogen) atoms. The molecule has 9 rings (SSSR count). The zero-order valence-corrected chi connectivity index (χ0v) is 44.2. The number of esters is 1. The van der Waals surface area contributed by atoms with Crippen molar-refractivity contribution in [3.63, 3.8) is 0 Å². The number of aliphatic carboxylic acids is 1. The maximum Gasteiger partial charge on any atom is 0.343 e. The van der Waals surface area contributed by atoms with Crippen molar-refractivity contribution >= 4 is 70.1 Å². The molecule has 26 heteroatoms. The van der Waals surface area contributed by atoms with Crippen LogP contribution in [0.25, 0.3) is 22.3 Å². The first-order valence-corrected chi connectivity index (χ1v) is 26.3. The number of carbonyl (C=O) groups is 10. The quantitative estimate of drug-likeness (QED) is 0.0163. The van der Waals surface area contributed by atoms with Gasteiger partial charge in [0.1, 0.15) is 31.2 Å². The number of fused-ring (bicyclic) bond motifs is 5. The summed E-state index contributed by atoms with van der Waals surface area (Å²) in [4.78, 5) is 148. The van der Waals surface area contributed by atoms with Crippen LogP contribution in [0.2, 0.25) is 0 Å². The van der Waals surface area contributed by atoms with Crippen molar-refractivity contribution in [1.82, 2.24) is 51.7 Å². The maximum absolute atomic E-state index is 15.5. The van der Waals surface area contributed by atoms with Gasteiger partial charge in [0.25, 0.3) is 17.4 Å². The number of nitrogens with one attached hydrogen (secondary N) is 7. The van der Waals surface area contributed by atoms with E-state index in [1.807, 2.05) is 0 Å². The predicted molar refractivity (Wildman–Crippen MR) is 280 cm³/mol. The van der Waals surface area contributed by atoms with E-state index in [0.29, 0.717) is 75.1 Å². The van der Waals surface area contributed by atoms with E-state index in [2.05, 4.69) is 37.2 Å². The molecular weight excluding hydrogens is 1060 g/mol. The molecule has 5 aliphatic rings. The second-order valence-electron chi connectivity index (χ2n) is 20.5. The summed E-state index contributed by atoms with van der Waals surface area (Å²) in [5.41, 5.74) is 1.00. The molecule has 0 saturated heterocycles. The van der Waals surface area contributed by atoms with Gasteiger partial charge in [0.2, 0.25) is 35.4 Å². The molecule has 25 nitrogen and oxygen atoms in total. The number of nitrogens with zero attached hydrogens (tertiary/aromatic N) is 3. The Hall–Kier alpha value is -8.75. The zero-order valence-electron chi connectivity index (χ0n) is 44.2. The summed E-state index contributed by atoms with van der Waals surface area (Å²) in [6.45, 7) is -0.285. The molecule has 2 aromatic carbocycles. The lowest BCUT2D eigenvalue weighted by Crippen LogP contribution is -2.56. The van der Waals surface area contributed by atoms with Crippen LogP contribution in [-0.4, -0.2) is 142 Å².